The summed E-state index contributed by atoms with van der Waals surface area (Å²) in [6.45, 7) is 8.42. The van der Waals surface area contributed by atoms with Gasteiger partial charge in [0.2, 0.25) is 0 Å². The molecule has 33 heavy (non-hydrogen) atoms. The van der Waals surface area contributed by atoms with Crippen LogP contribution in [0, 0.1) is 0 Å². The Bertz CT molecular complexity index is 1150. The molecular formula is C26H24Cl2O4S. The van der Waals surface area contributed by atoms with Crippen molar-refractivity contribution in [2.75, 3.05) is 6.61 Å². The Morgan fingerprint density at radius 2 is 1.76 bits per heavy atom. The first kappa shape index (κ1) is 24.9. The third-order valence-electron chi connectivity index (χ3n) is 4.69. The van der Waals surface area contributed by atoms with Crippen molar-refractivity contribution in [2.45, 2.75) is 27.1 Å². The first-order valence-electron chi connectivity index (χ1n) is 10.3. The monoisotopic (exact) mass is 502 g/mol. The topological polar surface area (TPSA) is 44.8 Å². The van der Waals surface area contributed by atoms with Gasteiger partial charge in [-0.3, -0.25) is 0 Å². The Hall–Kier alpha value is -2.73. The maximum atomic E-state index is 12.3. The fourth-order valence-corrected chi connectivity index (χ4v) is 4.65. The van der Waals surface area contributed by atoms with Crippen molar-refractivity contribution in [1.29, 1.82) is 0 Å². The molecule has 0 fully saturated rings. The highest BCUT2D eigenvalue weighted by molar-refractivity contribution is 7.12. The Morgan fingerprint density at radius 1 is 1.09 bits per heavy atom. The van der Waals surface area contributed by atoms with Crippen LogP contribution in [0.5, 0.6) is 11.5 Å². The number of allylic oxidation sites excluding steroid dienone is 1. The van der Waals surface area contributed by atoms with E-state index in [1.54, 1.807) is 19.9 Å². The van der Waals surface area contributed by atoms with Crippen LogP contribution in [0.4, 0.5) is 0 Å². The highest BCUT2D eigenvalue weighted by Crippen LogP contribution is 2.37. The average molecular weight is 503 g/mol. The van der Waals surface area contributed by atoms with Gasteiger partial charge in [0.05, 0.1) is 17.1 Å². The molecule has 0 atom stereocenters. The van der Waals surface area contributed by atoms with Gasteiger partial charge in [-0.25, -0.2) is 4.79 Å². The first-order valence-corrected chi connectivity index (χ1v) is 12.0. The molecule has 0 aliphatic carbocycles. The van der Waals surface area contributed by atoms with E-state index in [1.807, 2.05) is 53.9 Å². The van der Waals surface area contributed by atoms with Gasteiger partial charge >= 0.3 is 5.97 Å². The van der Waals surface area contributed by atoms with E-state index in [1.165, 1.54) is 11.3 Å². The molecule has 2 aromatic carbocycles. The predicted octanol–water partition coefficient (Wildman–Crippen LogP) is 7.74. The molecule has 0 unspecified atom stereocenters. The summed E-state index contributed by atoms with van der Waals surface area (Å²) >= 11 is 13.6. The normalized spacial score (nSPS) is 11.2. The van der Waals surface area contributed by atoms with E-state index in [-0.39, 0.29) is 12.6 Å². The van der Waals surface area contributed by atoms with Crippen LogP contribution in [-0.2, 0) is 22.7 Å². The lowest BCUT2D eigenvalue weighted by atomic mass is 10.1. The summed E-state index contributed by atoms with van der Waals surface area (Å²) in [7, 11) is 0. The fourth-order valence-electron chi connectivity index (χ4n) is 3.11. The first-order chi connectivity index (χ1) is 15.9. The van der Waals surface area contributed by atoms with Crippen molar-refractivity contribution in [1.82, 2.24) is 0 Å². The Balaban J connectivity index is 1.71. The van der Waals surface area contributed by atoms with Crippen LogP contribution in [0.25, 0.3) is 10.6 Å². The van der Waals surface area contributed by atoms with Crippen LogP contribution in [0.2, 0.25) is 5.02 Å². The second-order valence-electron chi connectivity index (χ2n) is 6.97. The maximum absolute atomic E-state index is 12.3. The molecule has 1 heterocycles. The van der Waals surface area contributed by atoms with Crippen LogP contribution in [-0.4, -0.2) is 12.6 Å². The zero-order chi connectivity index (χ0) is 23.8. The average Bonchev–Trinajstić information content (AvgIpc) is 3.22. The largest absolute Gasteiger partial charge is 0.489 e. The van der Waals surface area contributed by atoms with Crippen molar-refractivity contribution in [3.8, 4) is 11.5 Å². The van der Waals surface area contributed by atoms with Crippen LogP contribution < -0.4 is 9.47 Å². The number of thiophene rings is 1. The van der Waals surface area contributed by atoms with E-state index in [9.17, 15) is 4.79 Å². The summed E-state index contributed by atoms with van der Waals surface area (Å²) in [5.41, 5.74) is 3.01. The second-order valence-corrected chi connectivity index (χ2v) is 8.74. The molecular weight excluding hydrogens is 479 g/mol. The number of halogens is 2. The molecule has 172 valence electrons. The number of rotatable bonds is 10. The molecule has 0 aliphatic heterocycles. The molecule has 1 aromatic heterocycles. The number of benzene rings is 2. The molecule has 3 aromatic rings. The molecule has 0 bridgehead atoms. The lowest BCUT2D eigenvalue weighted by Gasteiger charge is -2.11. The number of ether oxygens (including phenoxy) is 3. The minimum Gasteiger partial charge on any atom is -0.489 e. The highest BCUT2D eigenvalue weighted by atomic mass is 35.5. The Morgan fingerprint density at radius 3 is 2.36 bits per heavy atom. The Kier molecular flexibility index (Phi) is 9.01. The van der Waals surface area contributed by atoms with Crippen LogP contribution in [0.1, 0.15) is 35.4 Å². The third kappa shape index (κ3) is 6.64. The standard InChI is InChI=1S/C26H24Cl2O4S/c1-4-23(26(29)30-5-2)25-24(17(3)27)19(16-33-25)15-32-22-8-6-7-21(13-22)31-14-18-9-11-20(28)12-10-18/h4,6-13,16H,3,5,14-15H2,1-2H3/b23-4+. The summed E-state index contributed by atoms with van der Waals surface area (Å²) in [5.74, 6) is 0.951. The number of esters is 1. The fraction of sp³-hybridized carbons (Fsp3) is 0.192. The zero-order valence-corrected chi connectivity index (χ0v) is 20.7. The highest BCUT2D eigenvalue weighted by Gasteiger charge is 2.22. The van der Waals surface area contributed by atoms with E-state index in [0.717, 1.165) is 16.0 Å². The minimum atomic E-state index is -0.390. The van der Waals surface area contributed by atoms with Crippen LogP contribution in [0.15, 0.2) is 66.6 Å². The van der Waals surface area contributed by atoms with Gasteiger partial charge in [0, 0.05) is 27.2 Å². The second kappa shape index (κ2) is 11.9. The van der Waals surface area contributed by atoms with Gasteiger partial charge in [-0.05, 0) is 49.1 Å². The van der Waals surface area contributed by atoms with Crippen molar-refractivity contribution in [3.63, 3.8) is 0 Å². The van der Waals surface area contributed by atoms with E-state index in [2.05, 4.69) is 6.58 Å². The molecule has 4 nitrogen and oxygen atoms in total. The SMILES string of the molecule is C=C(Cl)c1c(COc2cccc(OCc3ccc(Cl)cc3)c2)csc1/C(=C\C)C(=O)OCC. The molecule has 0 spiro atoms. The number of carbonyl (C=O) groups is 1. The molecule has 0 N–H and O–H groups in total. The zero-order valence-electron chi connectivity index (χ0n) is 18.4. The molecule has 3 rings (SSSR count). The molecule has 7 heteroatoms. The van der Waals surface area contributed by atoms with E-state index >= 15 is 0 Å². The van der Waals surface area contributed by atoms with E-state index in [0.29, 0.717) is 45.9 Å². The molecule has 0 saturated carbocycles. The van der Waals surface area contributed by atoms with Gasteiger partial charge in [-0.1, -0.05) is 54.1 Å². The smallest absolute Gasteiger partial charge is 0.339 e. The summed E-state index contributed by atoms with van der Waals surface area (Å²) < 4.78 is 17.0. The number of carbonyl (C=O) groups excluding carboxylic acids is 1. The summed E-state index contributed by atoms with van der Waals surface area (Å²) in [4.78, 5) is 13.1. The van der Waals surface area contributed by atoms with E-state index < -0.39 is 0 Å². The van der Waals surface area contributed by atoms with Gasteiger partial charge in [0.1, 0.15) is 24.7 Å². The van der Waals surface area contributed by atoms with Crippen molar-refractivity contribution in [2.24, 2.45) is 0 Å². The lowest BCUT2D eigenvalue weighted by molar-refractivity contribution is -0.136. The maximum Gasteiger partial charge on any atom is 0.339 e. The molecule has 0 amide bonds. The van der Waals surface area contributed by atoms with Crippen LogP contribution >= 0.6 is 34.5 Å². The van der Waals surface area contributed by atoms with Crippen LogP contribution in [0.3, 0.4) is 0 Å². The lowest BCUT2D eigenvalue weighted by Crippen LogP contribution is -2.07. The minimum absolute atomic E-state index is 0.262. The molecule has 0 radical (unpaired) electrons. The van der Waals surface area contributed by atoms with Crippen molar-refractivity contribution >= 4 is 51.1 Å². The predicted molar refractivity (Wildman–Crippen MR) is 136 cm³/mol. The van der Waals surface area contributed by atoms with Gasteiger partial charge in [0.25, 0.3) is 0 Å². The summed E-state index contributed by atoms with van der Waals surface area (Å²) in [6.07, 6.45) is 1.72. The molecule has 0 saturated heterocycles. The molecule has 0 aliphatic rings. The number of hydrogen-bond donors (Lipinski definition) is 0. The quantitative estimate of drug-likeness (QED) is 0.210. The van der Waals surface area contributed by atoms with Gasteiger partial charge < -0.3 is 14.2 Å². The van der Waals surface area contributed by atoms with Crippen molar-refractivity contribution in [3.05, 3.63) is 93.2 Å². The summed E-state index contributed by atoms with van der Waals surface area (Å²) in [5, 5.41) is 2.95. The van der Waals surface area contributed by atoms with E-state index in [4.69, 9.17) is 37.4 Å². The van der Waals surface area contributed by atoms with Gasteiger partial charge in [0.15, 0.2) is 0 Å². The Labute approximate surface area is 208 Å². The van der Waals surface area contributed by atoms with Gasteiger partial charge in [-0.2, -0.15) is 0 Å². The summed E-state index contributed by atoms with van der Waals surface area (Å²) in [6, 6.07) is 14.9. The number of hydrogen-bond acceptors (Lipinski definition) is 5. The van der Waals surface area contributed by atoms with Crippen molar-refractivity contribution < 1.29 is 19.0 Å². The third-order valence-corrected chi connectivity index (χ3v) is 6.19. The van der Waals surface area contributed by atoms with Gasteiger partial charge in [-0.15, -0.1) is 11.3 Å².